The van der Waals surface area contributed by atoms with Crippen LogP contribution in [0.1, 0.15) is 22.3 Å². The zero-order chi connectivity index (χ0) is 19.5. The van der Waals surface area contributed by atoms with Gasteiger partial charge in [0.05, 0.1) is 0 Å². The second kappa shape index (κ2) is 11.6. The van der Waals surface area contributed by atoms with Crippen LogP contribution in [0.2, 0.25) is 0 Å². The molecule has 1 aromatic rings. The minimum absolute atomic E-state index is 0.0537. The SMILES string of the molecule is CN=C(NCCc1cccc(C(=O)NC)c1)NCCN1CCCN(C)CC1. The summed E-state index contributed by atoms with van der Waals surface area (Å²) in [6.07, 6.45) is 2.07. The van der Waals surface area contributed by atoms with Crippen LogP contribution in [0.3, 0.4) is 0 Å². The van der Waals surface area contributed by atoms with E-state index in [0.29, 0.717) is 5.56 Å². The van der Waals surface area contributed by atoms with Crippen LogP contribution < -0.4 is 16.0 Å². The average Bonchev–Trinajstić information content (AvgIpc) is 2.90. The van der Waals surface area contributed by atoms with Gasteiger partial charge in [-0.25, -0.2) is 0 Å². The Bertz CT molecular complexity index is 618. The van der Waals surface area contributed by atoms with Crippen molar-refractivity contribution in [1.29, 1.82) is 0 Å². The molecular weight excluding hydrogens is 340 g/mol. The molecule has 0 spiro atoms. The van der Waals surface area contributed by atoms with E-state index >= 15 is 0 Å². The number of benzene rings is 1. The highest BCUT2D eigenvalue weighted by molar-refractivity contribution is 5.94. The molecule has 1 fully saturated rings. The lowest BCUT2D eigenvalue weighted by Crippen LogP contribution is -2.42. The first-order chi connectivity index (χ1) is 13.1. The van der Waals surface area contributed by atoms with Crippen molar-refractivity contribution in [3.63, 3.8) is 0 Å². The van der Waals surface area contributed by atoms with E-state index in [9.17, 15) is 4.79 Å². The van der Waals surface area contributed by atoms with E-state index in [1.54, 1.807) is 14.1 Å². The molecule has 2 rings (SSSR count). The summed E-state index contributed by atoms with van der Waals surface area (Å²) in [7, 11) is 5.64. The van der Waals surface area contributed by atoms with Crippen LogP contribution in [0.5, 0.6) is 0 Å². The fourth-order valence-corrected chi connectivity index (χ4v) is 3.21. The number of amides is 1. The van der Waals surface area contributed by atoms with E-state index in [1.807, 2.05) is 24.3 Å². The molecule has 1 aliphatic rings. The Morgan fingerprint density at radius 1 is 1.15 bits per heavy atom. The maximum Gasteiger partial charge on any atom is 0.251 e. The molecular formula is C20H34N6O. The van der Waals surface area contributed by atoms with Crippen LogP contribution in [0.25, 0.3) is 0 Å². The minimum Gasteiger partial charge on any atom is -0.356 e. The maximum absolute atomic E-state index is 11.7. The van der Waals surface area contributed by atoms with E-state index in [-0.39, 0.29) is 5.91 Å². The molecule has 0 atom stereocenters. The maximum atomic E-state index is 11.7. The summed E-state index contributed by atoms with van der Waals surface area (Å²) in [6, 6.07) is 7.73. The molecule has 0 aromatic heterocycles. The average molecular weight is 375 g/mol. The molecule has 1 amide bonds. The van der Waals surface area contributed by atoms with E-state index in [2.05, 4.69) is 37.8 Å². The molecule has 0 bridgehead atoms. The van der Waals surface area contributed by atoms with Gasteiger partial charge in [-0.3, -0.25) is 9.79 Å². The Kier molecular flexibility index (Phi) is 9.07. The van der Waals surface area contributed by atoms with Crippen LogP contribution >= 0.6 is 0 Å². The predicted molar refractivity (Wildman–Crippen MR) is 111 cm³/mol. The van der Waals surface area contributed by atoms with Gasteiger partial charge < -0.3 is 25.8 Å². The molecule has 0 aliphatic carbocycles. The van der Waals surface area contributed by atoms with Crippen molar-refractivity contribution >= 4 is 11.9 Å². The molecule has 1 aromatic carbocycles. The molecule has 1 saturated heterocycles. The number of carbonyl (C=O) groups is 1. The third-order valence-corrected chi connectivity index (χ3v) is 4.88. The number of carbonyl (C=O) groups excluding carboxylic acids is 1. The highest BCUT2D eigenvalue weighted by Gasteiger charge is 2.11. The fraction of sp³-hybridized carbons (Fsp3) is 0.600. The summed E-state index contributed by atoms with van der Waals surface area (Å²) in [6.45, 7) is 7.31. The van der Waals surface area contributed by atoms with Gasteiger partial charge in [-0.2, -0.15) is 0 Å². The molecule has 0 saturated carbocycles. The second-order valence-corrected chi connectivity index (χ2v) is 6.95. The summed E-state index contributed by atoms with van der Waals surface area (Å²) < 4.78 is 0. The summed E-state index contributed by atoms with van der Waals surface area (Å²) in [4.78, 5) is 20.9. The molecule has 0 unspecified atom stereocenters. The first-order valence-electron chi connectivity index (χ1n) is 9.79. The van der Waals surface area contributed by atoms with Crippen molar-refractivity contribution in [2.75, 3.05) is 67.0 Å². The predicted octanol–water partition coefficient (Wildman–Crippen LogP) is 0.391. The third-order valence-electron chi connectivity index (χ3n) is 4.88. The molecule has 1 aliphatic heterocycles. The van der Waals surface area contributed by atoms with Crippen molar-refractivity contribution in [3.8, 4) is 0 Å². The van der Waals surface area contributed by atoms with Gasteiger partial charge in [-0.15, -0.1) is 0 Å². The van der Waals surface area contributed by atoms with E-state index in [1.165, 1.54) is 19.5 Å². The molecule has 0 radical (unpaired) electrons. The van der Waals surface area contributed by atoms with Gasteiger partial charge in [0, 0.05) is 52.4 Å². The number of likely N-dealkylation sites (N-methyl/N-ethyl adjacent to an activating group) is 1. The minimum atomic E-state index is -0.0537. The van der Waals surface area contributed by atoms with Crippen LogP contribution in [0.4, 0.5) is 0 Å². The Morgan fingerprint density at radius 3 is 2.74 bits per heavy atom. The molecule has 150 valence electrons. The monoisotopic (exact) mass is 374 g/mol. The highest BCUT2D eigenvalue weighted by atomic mass is 16.1. The van der Waals surface area contributed by atoms with Gasteiger partial charge in [0.1, 0.15) is 0 Å². The van der Waals surface area contributed by atoms with Crippen molar-refractivity contribution in [2.45, 2.75) is 12.8 Å². The summed E-state index contributed by atoms with van der Waals surface area (Å²) >= 11 is 0. The number of aliphatic imine (C=N–C) groups is 1. The first-order valence-corrected chi connectivity index (χ1v) is 9.79. The molecule has 1 heterocycles. The second-order valence-electron chi connectivity index (χ2n) is 6.95. The lowest BCUT2D eigenvalue weighted by atomic mass is 10.1. The largest absolute Gasteiger partial charge is 0.356 e. The lowest BCUT2D eigenvalue weighted by Gasteiger charge is -2.21. The molecule has 3 N–H and O–H groups in total. The van der Waals surface area contributed by atoms with Crippen molar-refractivity contribution in [2.24, 2.45) is 4.99 Å². The summed E-state index contributed by atoms with van der Waals surface area (Å²) in [5.74, 6) is 0.770. The lowest BCUT2D eigenvalue weighted by molar-refractivity contribution is 0.0963. The van der Waals surface area contributed by atoms with Gasteiger partial charge in [-0.1, -0.05) is 12.1 Å². The number of hydrogen-bond acceptors (Lipinski definition) is 4. The standard InChI is InChI=1S/C20H34N6O/c1-21-19(27)18-7-4-6-17(16-18)8-9-23-20(22-2)24-10-13-26-12-5-11-25(3)14-15-26/h4,6-7,16H,5,8-15H2,1-3H3,(H,21,27)(H2,22,23,24). The number of hydrogen-bond donors (Lipinski definition) is 3. The van der Waals surface area contributed by atoms with E-state index in [0.717, 1.165) is 50.7 Å². The quantitative estimate of drug-likeness (QED) is 0.476. The van der Waals surface area contributed by atoms with Crippen LogP contribution in [-0.2, 0) is 6.42 Å². The van der Waals surface area contributed by atoms with Gasteiger partial charge in [0.2, 0.25) is 0 Å². The number of nitrogens with one attached hydrogen (secondary N) is 3. The number of guanidine groups is 1. The first kappa shape index (κ1) is 21.2. The molecule has 7 heteroatoms. The summed E-state index contributed by atoms with van der Waals surface area (Å²) in [5.41, 5.74) is 1.83. The van der Waals surface area contributed by atoms with Crippen LogP contribution in [0, 0.1) is 0 Å². The third kappa shape index (κ3) is 7.56. The van der Waals surface area contributed by atoms with Crippen molar-refractivity contribution < 1.29 is 4.79 Å². The van der Waals surface area contributed by atoms with Gasteiger partial charge in [0.25, 0.3) is 5.91 Å². The zero-order valence-corrected chi connectivity index (χ0v) is 16.9. The Balaban J connectivity index is 1.69. The highest BCUT2D eigenvalue weighted by Crippen LogP contribution is 2.05. The molecule has 27 heavy (non-hydrogen) atoms. The smallest absolute Gasteiger partial charge is 0.251 e. The Morgan fingerprint density at radius 2 is 1.96 bits per heavy atom. The van der Waals surface area contributed by atoms with Gasteiger partial charge >= 0.3 is 0 Å². The Labute approximate surface area is 163 Å². The van der Waals surface area contributed by atoms with Crippen molar-refractivity contribution in [1.82, 2.24) is 25.8 Å². The normalized spacial score (nSPS) is 16.6. The molecule has 7 nitrogen and oxygen atoms in total. The number of nitrogens with zero attached hydrogens (tertiary/aromatic N) is 3. The zero-order valence-electron chi connectivity index (χ0n) is 16.9. The Hall–Kier alpha value is -2.12. The van der Waals surface area contributed by atoms with Gasteiger partial charge in [0.15, 0.2) is 5.96 Å². The number of rotatable bonds is 7. The summed E-state index contributed by atoms with van der Waals surface area (Å²) in [5, 5.41) is 9.40. The van der Waals surface area contributed by atoms with Crippen LogP contribution in [0.15, 0.2) is 29.3 Å². The fourth-order valence-electron chi connectivity index (χ4n) is 3.21. The van der Waals surface area contributed by atoms with Crippen molar-refractivity contribution in [3.05, 3.63) is 35.4 Å². The van der Waals surface area contributed by atoms with Crippen LogP contribution in [-0.4, -0.2) is 88.6 Å². The topological polar surface area (TPSA) is 72.0 Å². The van der Waals surface area contributed by atoms with Gasteiger partial charge in [-0.05, 0) is 50.7 Å². The van der Waals surface area contributed by atoms with E-state index < -0.39 is 0 Å². The van der Waals surface area contributed by atoms with E-state index in [4.69, 9.17) is 0 Å².